The number of halogens is 2. The van der Waals surface area contributed by atoms with Crippen LogP contribution in [0.4, 0.5) is 10.5 Å². The van der Waals surface area contributed by atoms with Gasteiger partial charge in [0.25, 0.3) is 0 Å². The Morgan fingerprint density at radius 2 is 1.88 bits per heavy atom. The highest BCUT2D eigenvalue weighted by molar-refractivity contribution is 6.42. The van der Waals surface area contributed by atoms with Crippen LogP contribution in [0.2, 0.25) is 10.0 Å². The van der Waals surface area contributed by atoms with Crippen LogP contribution in [0.1, 0.15) is 0 Å². The quantitative estimate of drug-likeness (QED) is 0.699. The number of hydrogen-bond acceptors (Lipinski definition) is 3. The largest absolute Gasteiger partial charge is 0.471 e. The first-order valence-corrected chi connectivity index (χ1v) is 8.87. The summed E-state index contributed by atoms with van der Waals surface area (Å²) in [5.41, 5.74) is 1.49. The number of para-hydroxylation sites is 1. The summed E-state index contributed by atoms with van der Waals surface area (Å²) in [7, 11) is 0. The Bertz CT molecular complexity index is 974. The van der Waals surface area contributed by atoms with E-state index in [0.29, 0.717) is 34.7 Å². The number of anilines is 1. The summed E-state index contributed by atoms with van der Waals surface area (Å²) in [6.45, 7) is 1.00. The van der Waals surface area contributed by atoms with Gasteiger partial charge in [-0.05, 0) is 30.3 Å². The van der Waals surface area contributed by atoms with Crippen molar-refractivity contribution in [3.8, 4) is 5.88 Å². The number of nitrogens with one attached hydrogen (secondary N) is 1. The highest BCUT2D eigenvalue weighted by Gasteiger charge is 2.32. The predicted molar refractivity (Wildman–Crippen MR) is 103 cm³/mol. The van der Waals surface area contributed by atoms with Crippen LogP contribution < -0.4 is 10.1 Å². The summed E-state index contributed by atoms with van der Waals surface area (Å²) in [6.07, 6.45) is -0.0665. The van der Waals surface area contributed by atoms with Crippen molar-refractivity contribution in [3.05, 3.63) is 64.6 Å². The van der Waals surface area contributed by atoms with Crippen molar-refractivity contribution in [2.75, 3.05) is 18.4 Å². The van der Waals surface area contributed by atoms with Crippen LogP contribution in [0.5, 0.6) is 5.88 Å². The second-order valence-electron chi connectivity index (χ2n) is 6.05. The second-order valence-corrected chi connectivity index (χ2v) is 6.86. The van der Waals surface area contributed by atoms with Crippen LogP contribution in [0.25, 0.3) is 10.9 Å². The van der Waals surface area contributed by atoms with Crippen molar-refractivity contribution >= 4 is 45.8 Å². The summed E-state index contributed by atoms with van der Waals surface area (Å²) in [5, 5.41) is 4.71. The number of amides is 2. The zero-order chi connectivity index (χ0) is 18.1. The topological polar surface area (TPSA) is 54.5 Å². The molecule has 2 aromatic carbocycles. The number of nitrogens with zero attached hydrogens (tertiary/aromatic N) is 2. The maximum absolute atomic E-state index is 12.2. The molecule has 0 bridgehead atoms. The van der Waals surface area contributed by atoms with Gasteiger partial charge in [0.05, 0.1) is 28.7 Å². The van der Waals surface area contributed by atoms with E-state index < -0.39 is 0 Å². The van der Waals surface area contributed by atoms with E-state index in [1.54, 1.807) is 23.1 Å². The summed E-state index contributed by atoms with van der Waals surface area (Å²) >= 11 is 11.8. The summed E-state index contributed by atoms with van der Waals surface area (Å²) in [4.78, 5) is 18.4. The number of aromatic nitrogens is 1. The Hall–Kier alpha value is -2.50. The van der Waals surface area contributed by atoms with E-state index in [0.717, 1.165) is 10.9 Å². The number of hydrogen-bond donors (Lipinski definition) is 1. The first-order valence-electron chi connectivity index (χ1n) is 8.12. The normalized spacial score (nSPS) is 14.2. The molecule has 2 amide bonds. The third kappa shape index (κ3) is 3.54. The van der Waals surface area contributed by atoms with E-state index >= 15 is 0 Å². The number of ether oxygens (including phenoxy) is 1. The molecule has 132 valence electrons. The molecular weight excluding hydrogens is 373 g/mol. The number of carbonyl (C=O) groups excluding carboxylic acids is 1. The fourth-order valence-electron chi connectivity index (χ4n) is 2.74. The highest BCUT2D eigenvalue weighted by Crippen LogP contribution is 2.26. The van der Waals surface area contributed by atoms with Gasteiger partial charge in [-0.2, -0.15) is 0 Å². The zero-order valence-electron chi connectivity index (χ0n) is 13.7. The van der Waals surface area contributed by atoms with Crippen molar-refractivity contribution in [2.45, 2.75) is 6.10 Å². The predicted octanol–water partition coefficient (Wildman–Crippen LogP) is 4.84. The highest BCUT2D eigenvalue weighted by atomic mass is 35.5. The molecule has 3 aromatic rings. The molecule has 1 fully saturated rings. The van der Waals surface area contributed by atoms with Gasteiger partial charge < -0.3 is 15.0 Å². The molecular formula is C19H15Cl2N3O2. The molecule has 0 spiro atoms. The molecule has 1 aliphatic rings. The number of benzene rings is 2. The van der Waals surface area contributed by atoms with E-state index in [1.165, 1.54) is 0 Å². The van der Waals surface area contributed by atoms with Gasteiger partial charge >= 0.3 is 6.03 Å². The lowest BCUT2D eigenvalue weighted by Gasteiger charge is -2.38. The number of carbonyl (C=O) groups is 1. The Morgan fingerprint density at radius 1 is 1.08 bits per heavy atom. The van der Waals surface area contributed by atoms with Crippen LogP contribution in [0.3, 0.4) is 0 Å². The average molecular weight is 388 g/mol. The van der Waals surface area contributed by atoms with E-state index in [-0.39, 0.29) is 12.1 Å². The first kappa shape index (κ1) is 16.9. The molecule has 0 aliphatic carbocycles. The van der Waals surface area contributed by atoms with E-state index in [9.17, 15) is 4.79 Å². The molecule has 0 atom stereocenters. The Morgan fingerprint density at radius 3 is 2.69 bits per heavy atom. The number of fused-ring (bicyclic) bond motifs is 1. The molecule has 1 N–H and O–H groups in total. The first-order chi connectivity index (χ1) is 12.6. The number of rotatable bonds is 3. The molecule has 0 unspecified atom stereocenters. The van der Waals surface area contributed by atoms with Gasteiger partial charge in [0, 0.05) is 17.1 Å². The van der Waals surface area contributed by atoms with Crippen molar-refractivity contribution in [3.63, 3.8) is 0 Å². The molecule has 7 heteroatoms. The van der Waals surface area contributed by atoms with Crippen molar-refractivity contribution < 1.29 is 9.53 Å². The van der Waals surface area contributed by atoms with Crippen LogP contribution >= 0.6 is 23.2 Å². The van der Waals surface area contributed by atoms with Crippen LogP contribution in [-0.2, 0) is 0 Å². The summed E-state index contributed by atoms with van der Waals surface area (Å²) in [6, 6.07) is 16.5. The van der Waals surface area contributed by atoms with E-state index in [4.69, 9.17) is 27.9 Å². The minimum Gasteiger partial charge on any atom is -0.471 e. The number of pyridine rings is 1. The van der Waals surface area contributed by atoms with Gasteiger partial charge in [0.15, 0.2) is 0 Å². The summed E-state index contributed by atoms with van der Waals surface area (Å²) < 4.78 is 5.85. The van der Waals surface area contributed by atoms with Gasteiger partial charge in [-0.3, -0.25) is 0 Å². The molecule has 1 aliphatic heterocycles. The second kappa shape index (κ2) is 7.02. The fraction of sp³-hybridized carbons (Fsp3) is 0.158. The van der Waals surface area contributed by atoms with E-state index in [2.05, 4.69) is 10.3 Å². The molecule has 5 nitrogen and oxygen atoms in total. The van der Waals surface area contributed by atoms with Crippen molar-refractivity contribution in [1.82, 2.24) is 9.88 Å². The molecule has 1 saturated heterocycles. The van der Waals surface area contributed by atoms with Crippen LogP contribution in [0.15, 0.2) is 54.6 Å². The standard InChI is InChI=1S/C19H15Cl2N3O2/c20-15-7-6-13(9-16(15)21)22-19(25)24-10-14(11-24)26-18-8-5-12-3-1-2-4-17(12)23-18/h1-9,14H,10-11H2,(H,22,25). The molecule has 0 radical (unpaired) electrons. The average Bonchev–Trinajstić information content (AvgIpc) is 2.60. The summed E-state index contributed by atoms with van der Waals surface area (Å²) in [5.74, 6) is 0.568. The molecule has 1 aromatic heterocycles. The monoisotopic (exact) mass is 387 g/mol. The third-order valence-electron chi connectivity index (χ3n) is 4.17. The van der Waals surface area contributed by atoms with Crippen LogP contribution in [-0.4, -0.2) is 35.1 Å². The molecule has 0 saturated carbocycles. The Balaban J connectivity index is 1.32. The van der Waals surface area contributed by atoms with Crippen molar-refractivity contribution in [1.29, 1.82) is 0 Å². The lowest BCUT2D eigenvalue weighted by Crippen LogP contribution is -2.57. The maximum Gasteiger partial charge on any atom is 0.322 e. The van der Waals surface area contributed by atoms with Gasteiger partial charge in [0.1, 0.15) is 6.10 Å². The smallest absolute Gasteiger partial charge is 0.322 e. The van der Waals surface area contributed by atoms with Gasteiger partial charge in [0.2, 0.25) is 5.88 Å². The van der Waals surface area contributed by atoms with E-state index in [1.807, 2.05) is 36.4 Å². The maximum atomic E-state index is 12.2. The van der Waals surface area contributed by atoms with Gasteiger partial charge in [-0.15, -0.1) is 0 Å². The van der Waals surface area contributed by atoms with Crippen molar-refractivity contribution in [2.24, 2.45) is 0 Å². The zero-order valence-corrected chi connectivity index (χ0v) is 15.2. The number of urea groups is 1. The SMILES string of the molecule is O=C(Nc1ccc(Cl)c(Cl)c1)N1CC(Oc2ccc3ccccc3n2)C1. The molecule has 26 heavy (non-hydrogen) atoms. The number of likely N-dealkylation sites (tertiary alicyclic amines) is 1. The lowest BCUT2D eigenvalue weighted by atomic mass is 10.2. The van der Waals surface area contributed by atoms with Gasteiger partial charge in [-0.25, -0.2) is 9.78 Å². The fourth-order valence-corrected chi connectivity index (χ4v) is 3.04. The van der Waals surface area contributed by atoms with Crippen LogP contribution in [0, 0.1) is 0 Å². The minimum atomic E-state index is -0.199. The minimum absolute atomic E-state index is 0.0665. The Kier molecular flexibility index (Phi) is 4.57. The lowest BCUT2D eigenvalue weighted by molar-refractivity contribution is 0.0463. The third-order valence-corrected chi connectivity index (χ3v) is 4.91. The Labute approximate surface area is 160 Å². The van der Waals surface area contributed by atoms with Gasteiger partial charge in [-0.1, -0.05) is 41.4 Å². The molecule has 2 heterocycles. The molecule has 4 rings (SSSR count).